The molecule has 0 nitrogen and oxygen atoms in total. The van der Waals surface area contributed by atoms with Crippen LogP contribution in [0.25, 0.3) is 9.81 Å². The van der Waals surface area contributed by atoms with Crippen molar-refractivity contribution in [2.75, 3.05) is 0 Å². The molecule has 0 radical (unpaired) electrons. The third kappa shape index (κ3) is 3.50. The van der Waals surface area contributed by atoms with Gasteiger partial charge in [0.15, 0.2) is 0 Å². The van der Waals surface area contributed by atoms with E-state index in [2.05, 4.69) is 87.6 Å². The fourth-order valence-corrected chi connectivity index (χ4v) is 2.63. The van der Waals surface area contributed by atoms with Crippen LogP contribution in [0.15, 0.2) is 48.5 Å². The maximum Gasteiger partial charge on any atom is 0.0253 e. The van der Waals surface area contributed by atoms with Crippen LogP contribution < -0.4 is 0 Å². The molecule has 0 N–H and O–H groups in total. The van der Waals surface area contributed by atoms with Gasteiger partial charge in [-0.2, -0.15) is 0 Å². The molecule has 0 fully saturated rings. The van der Waals surface area contributed by atoms with Gasteiger partial charge in [-0.15, -0.1) is 25.3 Å². The molecular formula is C18H20S2. The number of thiol groups is 2. The summed E-state index contributed by atoms with van der Waals surface area (Å²) in [5, 5.41) is 0. The summed E-state index contributed by atoms with van der Waals surface area (Å²) in [5.74, 6) is 0. The highest BCUT2D eigenvalue weighted by atomic mass is 32.1. The van der Waals surface area contributed by atoms with Gasteiger partial charge < -0.3 is 0 Å². The van der Waals surface area contributed by atoms with Crippen molar-refractivity contribution < 1.29 is 0 Å². The third-order valence-corrected chi connectivity index (χ3v) is 4.64. The van der Waals surface area contributed by atoms with E-state index in [0.717, 1.165) is 33.8 Å². The Morgan fingerprint density at radius 3 is 1.20 bits per heavy atom. The first kappa shape index (κ1) is 15.3. The first-order valence-corrected chi connectivity index (χ1v) is 7.86. The smallest absolute Gasteiger partial charge is 0.0253 e. The van der Waals surface area contributed by atoms with Crippen LogP contribution in [0.5, 0.6) is 0 Å². The van der Waals surface area contributed by atoms with Crippen molar-refractivity contribution in [3.8, 4) is 0 Å². The molecule has 0 saturated carbocycles. The average Bonchev–Trinajstić information content (AvgIpc) is 2.53. The molecule has 0 aliphatic heterocycles. The number of benzene rings is 2. The van der Waals surface area contributed by atoms with E-state index in [1.807, 2.05) is 0 Å². The van der Waals surface area contributed by atoms with Crippen molar-refractivity contribution in [1.82, 2.24) is 0 Å². The minimum atomic E-state index is 0.917. The summed E-state index contributed by atoms with van der Waals surface area (Å²) in [6, 6.07) is 17.0. The monoisotopic (exact) mass is 300 g/mol. The fraction of sp³-hybridized carbons (Fsp3) is 0.222. The average molecular weight is 300 g/mol. The molecule has 2 heteroatoms. The van der Waals surface area contributed by atoms with Crippen LogP contribution in [-0.4, -0.2) is 0 Å². The van der Waals surface area contributed by atoms with E-state index in [9.17, 15) is 0 Å². The highest BCUT2D eigenvalue weighted by Crippen LogP contribution is 2.32. The summed E-state index contributed by atoms with van der Waals surface area (Å²) in [7, 11) is 0. The van der Waals surface area contributed by atoms with E-state index in [1.54, 1.807) is 0 Å². The van der Waals surface area contributed by atoms with Crippen LogP contribution in [0.4, 0.5) is 0 Å². The molecule has 0 spiro atoms. The molecule has 0 heterocycles. The molecule has 0 atom stereocenters. The standard InChI is InChI=1S/C18H20S2/c1-3-13-5-9-15(10-6-13)17(19)18(20)16-11-7-14(4-2)8-12-16/h5-12,19-20H,3-4H2,1-2H3/b18-17+. The lowest BCUT2D eigenvalue weighted by Crippen LogP contribution is -1.86. The van der Waals surface area contributed by atoms with Gasteiger partial charge in [-0.1, -0.05) is 62.4 Å². The van der Waals surface area contributed by atoms with E-state index >= 15 is 0 Å². The molecule has 2 rings (SSSR count). The molecule has 0 bridgehead atoms. The molecule has 2 aromatic carbocycles. The van der Waals surface area contributed by atoms with Gasteiger partial charge in [0, 0.05) is 9.81 Å². The van der Waals surface area contributed by atoms with Gasteiger partial charge in [0.1, 0.15) is 0 Å². The van der Waals surface area contributed by atoms with Crippen molar-refractivity contribution in [2.24, 2.45) is 0 Å². The van der Waals surface area contributed by atoms with Crippen LogP contribution in [0, 0.1) is 0 Å². The maximum atomic E-state index is 4.64. The lowest BCUT2D eigenvalue weighted by atomic mass is 10.1. The minimum Gasteiger partial charge on any atom is -0.142 e. The van der Waals surface area contributed by atoms with Crippen LogP contribution in [0.1, 0.15) is 36.1 Å². The molecule has 104 valence electrons. The lowest BCUT2D eigenvalue weighted by Gasteiger charge is -2.08. The summed E-state index contributed by atoms with van der Waals surface area (Å²) < 4.78 is 0. The summed E-state index contributed by atoms with van der Waals surface area (Å²) in [5.41, 5.74) is 4.89. The van der Waals surface area contributed by atoms with Crippen LogP contribution in [-0.2, 0) is 12.8 Å². The quantitative estimate of drug-likeness (QED) is 0.541. The second-order valence-electron chi connectivity index (χ2n) is 4.80. The van der Waals surface area contributed by atoms with Gasteiger partial charge in [-0.25, -0.2) is 0 Å². The zero-order valence-electron chi connectivity index (χ0n) is 11.9. The Kier molecular flexibility index (Phi) is 5.38. The molecule has 0 aliphatic carbocycles. The molecule has 0 aliphatic rings. The van der Waals surface area contributed by atoms with Gasteiger partial charge >= 0.3 is 0 Å². The molecular weight excluding hydrogens is 280 g/mol. The number of hydrogen-bond donors (Lipinski definition) is 2. The predicted molar refractivity (Wildman–Crippen MR) is 96.4 cm³/mol. The normalized spacial score (nSPS) is 12.2. The van der Waals surface area contributed by atoms with E-state index in [1.165, 1.54) is 11.1 Å². The number of aryl methyl sites for hydroxylation is 2. The highest BCUT2D eigenvalue weighted by Gasteiger charge is 2.05. The lowest BCUT2D eigenvalue weighted by molar-refractivity contribution is 1.14. The molecule has 0 amide bonds. The zero-order chi connectivity index (χ0) is 14.5. The van der Waals surface area contributed by atoms with Crippen molar-refractivity contribution in [1.29, 1.82) is 0 Å². The molecule has 0 unspecified atom stereocenters. The van der Waals surface area contributed by atoms with Crippen LogP contribution in [0.2, 0.25) is 0 Å². The Labute approximate surface area is 132 Å². The van der Waals surface area contributed by atoms with Crippen molar-refractivity contribution in [3.63, 3.8) is 0 Å². The Morgan fingerprint density at radius 1 is 0.650 bits per heavy atom. The van der Waals surface area contributed by atoms with Crippen LogP contribution in [0.3, 0.4) is 0 Å². The number of hydrogen-bond acceptors (Lipinski definition) is 2. The summed E-state index contributed by atoms with van der Waals surface area (Å²) in [4.78, 5) is 1.83. The van der Waals surface area contributed by atoms with Gasteiger partial charge in [-0.05, 0) is 35.1 Å². The van der Waals surface area contributed by atoms with Gasteiger partial charge in [0.25, 0.3) is 0 Å². The molecule has 0 aromatic heterocycles. The SMILES string of the molecule is CCc1ccc(/C(S)=C(\S)c2ccc(CC)cc2)cc1. The Morgan fingerprint density at radius 2 is 0.950 bits per heavy atom. The third-order valence-electron chi connectivity index (χ3n) is 3.50. The highest BCUT2D eigenvalue weighted by molar-refractivity contribution is 7.96. The van der Waals surface area contributed by atoms with Crippen molar-refractivity contribution in [3.05, 3.63) is 70.8 Å². The van der Waals surface area contributed by atoms with Crippen LogP contribution >= 0.6 is 25.3 Å². The molecule has 0 saturated heterocycles. The van der Waals surface area contributed by atoms with Crippen molar-refractivity contribution >= 4 is 35.1 Å². The summed E-state index contributed by atoms with van der Waals surface area (Å²) in [6.45, 7) is 4.32. The van der Waals surface area contributed by atoms with E-state index < -0.39 is 0 Å². The second-order valence-corrected chi connectivity index (χ2v) is 5.69. The number of rotatable bonds is 4. The first-order chi connectivity index (χ1) is 9.65. The fourth-order valence-electron chi connectivity index (χ4n) is 2.07. The Hall–Kier alpha value is -1.12. The minimum absolute atomic E-state index is 0.917. The summed E-state index contributed by atoms with van der Waals surface area (Å²) >= 11 is 9.28. The van der Waals surface area contributed by atoms with Gasteiger partial charge in [0.2, 0.25) is 0 Å². The zero-order valence-corrected chi connectivity index (χ0v) is 13.7. The van der Waals surface area contributed by atoms with E-state index in [0.29, 0.717) is 0 Å². The Balaban J connectivity index is 2.32. The van der Waals surface area contributed by atoms with E-state index in [-0.39, 0.29) is 0 Å². The second kappa shape index (κ2) is 7.05. The van der Waals surface area contributed by atoms with Crippen molar-refractivity contribution in [2.45, 2.75) is 26.7 Å². The maximum absolute atomic E-state index is 4.64. The van der Waals surface area contributed by atoms with Gasteiger partial charge in [-0.3, -0.25) is 0 Å². The first-order valence-electron chi connectivity index (χ1n) is 6.96. The Bertz CT molecular complexity index is 537. The largest absolute Gasteiger partial charge is 0.142 e. The summed E-state index contributed by atoms with van der Waals surface area (Å²) in [6.07, 6.45) is 2.11. The molecule has 20 heavy (non-hydrogen) atoms. The predicted octanol–water partition coefficient (Wildman–Crippen LogP) is 5.50. The van der Waals surface area contributed by atoms with Gasteiger partial charge in [0.05, 0.1) is 0 Å². The topological polar surface area (TPSA) is 0 Å². The van der Waals surface area contributed by atoms with E-state index in [4.69, 9.17) is 0 Å². The molecule has 2 aromatic rings.